The van der Waals surface area contributed by atoms with Gasteiger partial charge in [0.05, 0.1) is 12.0 Å². The quantitative estimate of drug-likeness (QED) is 0.920. The van der Waals surface area contributed by atoms with Crippen LogP contribution in [0.25, 0.3) is 0 Å². The van der Waals surface area contributed by atoms with Crippen molar-refractivity contribution in [3.8, 4) is 0 Å². The molecule has 1 fully saturated rings. The second-order valence-corrected chi connectivity index (χ2v) is 6.17. The highest BCUT2D eigenvalue weighted by Crippen LogP contribution is 2.16. The van der Waals surface area contributed by atoms with E-state index in [-0.39, 0.29) is 17.9 Å². The zero-order valence-corrected chi connectivity index (χ0v) is 13.6. The summed E-state index contributed by atoms with van der Waals surface area (Å²) in [6, 6.07) is 3.43. The van der Waals surface area contributed by atoms with Crippen LogP contribution in [0, 0.1) is 0 Å². The first-order valence-corrected chi connectivity index (χ1v) is 8.41. The smallest absolute Gasteiger partial charge is 0.289 e. The van der Waals surface area contributed by atoms with Crippen LogP contribution in [0.15, 0.2) is 22.8 Å². The number of aromatic nitrogens is 2. The Balaban J connectivity index is 1.53. The maximum absolute atomic E-state index is 12.3. The van der Waals surface area contributed by atoms with Gasteiger partial charge in [-0.2, -0.15) is 0 Å². The SMILES string of the molecule is CCc1nnsc1C(=O)NC1CCN(C(=O)c2ccco2)CC1. The number of amides is 2. The molecule has 23 heavy (non-hydrogen) atoms. The first-order chi connectivity index (χ1) is 11.2. The first kappa shape index (κ1) is 15.7. The molecule has 1 saturated heterocycles. The molecule has 0 bridgehead atoms. The fourth-order valence-corrected chi connectivity index (χ4v) is 3.30. The molecule has 1 aliphatic rings. The summed E-state index contributed by atoms with van der Waals surface area (Å²) in [5.41, 5.74) is 0.734. The average molecular weight is 334 g/mol. The van der Waals surface area contributed by atoms with Gasteiger partial charge in [0.25, 0.3) is 11.8 Å². The molecule has 0 spiro atoms. The number of nitrogens with one attached hydrogen (secondary N) is 1. The van der Waals surface area contributed by atoms with Crippen LogP contribution in [0.2, 0.25) is 0 Å². The number of furan rings is 1. The van der Waals surface area contributed by atoms with Gasteiger partial charge < -0.3 is 14.6 Å². The van der Waals surface area contributed by atoms with Gasteiger partial charge in [-0.3, -0.25) is 9.59 Å². The lowest BCUT2D eigenvalue weighted by atomic mass is 10.0. The number of piperidine rings is 1. The van der Waals surface area contributed by atoms with E-state index in [0.717, 1.165) is 30.1 Å². The van der Waals surface area contributed by atoms with Gasteiger partial charge in [-0.05, 0) is 42.9 Å². The Morgan fingerprint density at radius 2 is 2.22 bits per heavy atom. The van der Waals surface area contributed by atoms with Crippen molar-refractivity contribution in [2.45, 2.75) is 32.2 Å². The number of aryl methyl sites for hydroxylation is 1. The molecule has 7 nitrogen and oxygen atoms in total. The summed E-state index contributed by atoms with van der Waals surface area (Å²) in [5, 5.41) is 6.98. The molecule has 0 radical (unpaired) electrons. The minimum Gasteiger partial charge on any atom is -0.459 e. The van der Waals surface area contributed by atoms with E-state index in [1.54, 1.807) is 17.0 Å². The molecule has 0 aromatic carbocycles. The first-order valence-electron chi connectivity index (χ1n) is 7.64. The zero-order valence-electron chi connectivity index (χ0n) is 12.8. The van der Waals surface area contributed by atoms with Crippen molar-refractivity contribution in [3.05, 3.63) is 34.7 Å². The molecule has 3 heterocycles. The summed E-state index contributed by atoms with van der Waals surface area (Å²) >= 11 is 1.12. The van der Waals surface area contributed by atoms with E-state index in [1.165, 1.54) is 6.26 Å². The second kappa shape index (κ2) is 6.91. The lowest BCUT2D eigenvalue weighted by Gasteiger charge is -2.31. The highest BCUT2D eigenvalue weighted by Gasteiger charge is 2.27. The van der Waals surface area contributed by atoms with E-state index in [4.69, 9.17) is 4.42 Å². The van der Waals surface area contributed by atoms with Gasteiger partial charge >= 0.3 is 0 Å². The lowest BCUT2D eigenvalue weighted by Crippen LogP contribution is -2.46. The molecule has 2 amide bonds. The molecule has 0 saturated carbocycles. The Kier molecular flexibility index (Phi) is 4.71. The van der Waals surface area contributed by atoms with E-state index >= 15 is 0 Å². The van der Waals surface area contributed by atoms with Crippen LogP contribution in [0.1, 0.15) is 45.7 Å². The van der Waals surface area contributed by atoms with Crippen molar-refractivity contribution in [1.82, 2.24) is 19.8 Å². The van der Waals surface area contributed by atoms with Gasteiger partial charge in [0, 0.05) is 19.1 Å². The number of nitrogens with zero attached hydrogens (tertiary/aromatic N) is 3. The summed E-state index contributed by atoms with van der Waals surface area (Å²) in [6.45, 7) is 3.16. The number of likely N-dealkylation sites (tertiary alicyclic amines) is 1. The third-order valence-corrected chi connectivity index (χ3v) is 4.71. The van der Waals surface area contributed by atoms with Crippen LogP contribution >= 0.6 is 11.5 Å². The zero-order chi connectivity index (χ0) is 16.2. The summed E-state index contributed by atoms with van der Waals surface area (Å²) in [5.74, 6) is 0.142. The van der Waals surface area contributed by atoms with Gasteiger partial charge in [0.2, 0.25) is 0 Å². The highest BCUT2D eigenvalue weighted by atomic mass is 32.1. The van der Waals surface area contributed by atoms with Crippen LogP contribution in [-0.4, -0.2) is 45.4 Å². The van der Waals surface area contributed by atoms with Crippen molar-refractivity contribution in [2.75, 3.05) is 13.1 Å². The summed E-state index contributed by atoms with van der Waals surface area (Å²) in [6.07, 6.45) is 3.64. The minimum atomic E-state index is -0.118. The monoisotopic (exact) mass is 334 g/mol. The van der Waals surface area contributed by atoms with Gasteiger partial charge in [0.1, 0.15) is 4.88 Å². The third-order valence-electron chi connectivity index (χ3n) is 3.95. The molecule has 2 aromatic rings. The standard InChI is InChI=1S/C15H18N4O3S/c1-2-11-13(23-18-17-11)14(20)16-10-5-7-19(8-6-10)15(21)12-4-3-9-22-12/h3-4,9-10H,2,5-8H2,1H3,(H,16,20). The predicted octanol–water partition coefficient (Wildman–Crippen LogP) is 1.73. The third kappa shape index (κ3) is 3.42. The van der Waals surface area contributed by atoms with E-state index in [9.17, 15) is 9.59 Å². The van der Waals surface area contributed by atoms with Crippen molar-refractivity contribution in [1.29, 1.82) is 0 Å². The normalized spacial score (nSPS) is 15.6. The fraction of sp³-hybridized carbons (Fsp3) is 0.467. The molecular weight excluding hydrogens is 316 g/mol. The Morgan fingerprint density at radius 1 is 1.43 bits per heavy atom. The van der Waals surface area contributed by atoms with Crippen molar-refractivity contribution < 1.29 is 14.0 Å². The molecule has 3 rings (SSSR count). The minimum absolute atomic E-state index is 0.0648. The van der Waals surface area contributed by atoms with Gasteiger partial charge in [-0.1, -0.05) is 11.4 Å². The largest absolute Gasteiger partial charge is 0.459 e. The number of hydrogen-bond acceptors (Lipinski definition) is 6. The van der Waals surface area contributed by atoms with E-state index in [1.807, 2.05) is 6.92 Å². The molecule has 0 aliphatic carbocycles. The fourth-order valence-electron chi connectivity index (χ4n) is 2.65. The number of carbonyl (C=O) groups is 2. The lowest BCUT2D eigenvalue weighted by molar-refractivity contribution is 0.0667. The van der Waals surface area contributed by atoms with E-state index < -0.39 is 0 Å². The summed E-state index contributed by atoms with van der Waals surface area (Å²) in [7, 11) is 0. The maximum Gasteiger partial charge on any atom is 0.289 e. The summed E-state index contributed by atoms with van der Waals surface area (Å²) < 4.78 is 8.98. The molecule has 1 aliphatic heterocycles. The second-order valence-electron chi connectivity index (χ2n) is 5.42. The molecular formula is C15H18N4O3S. The van der Waals surface area contributed by atoms with Crippen LogP contribution in [-0.2, 0) is 6.42 Å². The maximum atomic E-state index is 12.3. The number of hydrogen-bond donors (Lipinski definition) is 1. The van der Waals surface area contributed by atoms with Crippen LogP contribution in [0.5, 0.6) is 0 Å². The molecule has 0 atom stereocenters. The molecule has 122 valence electrons. The van der Waals surface area contributed by atoms with Crippen LogP contribution in [0.4, 0.5) is 0 Å². The van der Waals surface area contributed by atoms with Crippen molar-refractivity contribution >= 4 is 23.3 Å². The predicted molar refractivity (Wildman–Crippen MR) is 84.4 cm³/mol. The Labute approximate surface area is 137 Å². The highest BCUT2D eigenvalue weighted by molar-refractivity contribution is 7.08. The average Bonchev–Trinajstić information content (AvgIpc) is 3.26. The molecule has 8 heteroatoms. The van der Waals surface area contributed by atoms with Crippen LogP contribution < -0.4 is 5.32 Å². The van der Waals surface area contributed by atoms with E-state index in [2.05, 4.69) is 14.9 Å². The molecule has 0 unspecified atom stereocenters. The van der Waals surface area contributed by atoms with Crippen LogP contribution in [0.3, 0.4) is 0 Å². The Morgan fingerprint density at radius 3 is 2.87 bits per heavy atom. The van der Waals surface area contributed by atoms with Gasteiger partial charge in [0.15, 0.2) is 5.76 Å². The topological polar surface area (TPSA) is 88.3 Å². The molecule has 1 N–H and O–H groups in total. The van der Waals surface area contributed by atoms with Crippen molar-refractivity contribution in [2.24, 2.45) is 0 Å². The Hall–Kier alpha value is -2.22. The summed E-state index contributed by atoms with van der Waals surface area (Å²) in [4.78, 5) is 26.8. The van der Waals surface area contributed by atoms with E-state index in [0.29, 0.717) is 30.1 Å². The Bertz CT molecular complexity index is 675. The molecule has 2 aromatic heterocycles. The van der Waals surface area contributed by atoms with Gasteiger partial charge in [-0.15, -0.1) is 5.10 Å². The number of rotatable bonds is 4. The van der Waals surface area contributed by atoms with Crippen molar-refractivity contribution in [3.63, 3.8) is 0 Å². The van der Waals surface area contributed by atoms with Gasteiger partial charge in [-0.25, -0.2) is 0 Å². The number of carbonyl (C=O) groups excluding carboxylic acids is 2.